The van der Waals surface area contributed by atoms with Crippen LogP contribution in [0.15, 0.2) is 45.0 Å². The van der Waals surface area contributed by atoms with Gasteiger partial charge in [-0.25, -0.2) is 9.18 Å². The van der Waals surface area contributed by atoms with Gasteiger partial charge in [0.05, 0.1) is 28.0 Å². The normalized spacial score (nSPS) is 16.6. The minimum absolute atomic E-state index is 0.00312. The Morgan fingerprint density at radius 2 is 2.13 bits per heavy atom. The number of anilines is 1. The zero-order valence-electron chi connectivity index (χ0n) is 15.8. The summed E-state index contributed by atoms with van der Waals surface area (Å²) in [6.07, 6.45) is 0.959. The van der Waals surface area contributed by atoms with Crippen LogP contribution < -0.4 is 10.6 Å². The van der Waals surface area contributed by atoms with Crippen molar-refractivity contribution >= 4 is 50.4 Å². The van der Waals surface area contributed by atoms with Gasteiger partial charge >= 0.3 is 5.69 Å². The highest BCUT2D eigenvalue weighted by molar-refractivity contribution is 9.11. The molecular weight excluding hydrogens is 495 g/mol. The lowest BCUT2D eigenvalue weighted by Crippen LogP contribution is -2.40. The third-order valence-corrected chi connectivity index (χ3v) is 6.74. The molecule has 1 N–H and O–H groups in total. The molecule has 0 radical (unpaired) electrons. The smallest absolute Gasteiger partial charge is 0.352 e. The monoisotopic (exact) mass is 510 g/mol. The van der Waals surface area contributed by atoms with Crippen LogP contribution in [0.25, 0.3) is 5.57 Å². The van der Waals surface area contributed by atoms with E-state index in [1.54, 1.807) is 29.2 Å². The third-order valence-electron chi connectivity index (χ3n) is 4.84. The molecule has 1 aliphatic heterocycles. The van der Waals surface area contributed by atoms with Crippen LogP contribution in [-0.4, -0.2) is 38.8 Å². The summed E-state index contributed by atoms with van der Waals surface area (Å²) in [5.41, 5.74) is 0.918. The van der Waals surface area contributed by atoms with Gasteiger partial charge in [-0.1, -0.05) is 23.7 Å². The number of aryl methyl sites for hydroxylation is 1. The number of rotatable bonds is 4. The number of benzene rings is 1. The number of aromatic nitrogens is 3. The van der Waals surface area contributed by atoms with Gasteiger partial charge in [-0.05, 0) is 58.3 Å². The molecule has 156 valence electrons. The first-order valence-corrected chi connectivity index (χ1v) is 11.1. The average Bonchev–Trinajstić information content (AvgIpc) is 3.11. The number of hydrogen-bond acceptors (Lipinski definition) is 6. The molecule has 2 aromatic heterocycles. The molecule has 0 aliphatic carbocycles. The zero-order valence-corrected chi connectivity index (χ0v) is 19.0. The number of halogens is 3. The maximum absolute atomic E-state index is 13.4. The van der Waals surface area contributed by atoms with E-state index >= 15 is 0 Å². The molecule has 10 heteroatoms. The molecule has 0 fully saturated rings. The largest absolute Gasteiger partial charge is 0.387 e. The van der Waals surface area contributed by atoms with Crippen molar-refractivity contribution < 1.29 is 9.50 Å². The standard InChI is InChI=1S/C20H17BrClFN4O2S/c1-11-24-19(25-20(29)27(11)9-13-3-5-18(21)30-13)26-7-6-14(17(28)10-26)12-2-4-16(23)15(22)8-12/h2-6,8,17,28H,7,9-10H2,1H3. The second kappa shape index (κ2) is 8.58. The van der Waals surface area contributed by atoms with Crippen LogP contribution in [0, 0.1) is 12.7 Å². The van der Waals surface area contributed by atoms with Crippen molar-refractivity contribution in [3.63, 3.8) is 0 Å². The Bertz CT molecular complexity index is 1200. The minimum atomic E-state index is -0.852. The molecule has 4 rings (SSSR count). The molecule has 0 amide bonds. The van der Waals surface area contributed by atoms with Crippen molar-refractivity contribution in [1.29, 1.82) is 0 Å². The maximum atomic E-state index is 13.4. The molecule has 1 atom stereocenters. The van der Waals surface area contributed by atoms with E-state index in [9.17, 15) is 14.3 Å². The highest BCUT2D eigenvalue weighted by Gasteiger charge is 2.25. The van der Waals surface area contributed by atoms with Crippen LogP contribution in [0.2, 0.25) is 5.02 Å². The fourth-order valence-corrected chi connectivity index (χ4v) is 4.96. The van der Waals surface area contributed by atoms with E-state index in [-0.39, 0.29) is 17.5 Å². The fourth-order valence-electron chi connectivity index (χ4n) is 3.31. The molecule has 3 heterocycles. The average molecular weight is 512 g/mol. The van der Waals surface area contributed by atoms with Crippen molar-refractivity contribution in [2.75, 3.05) is 18.0 Å². The molecule has 1 aliphatic rings. The Morgan fingerprint density at radius 1 is 1.33 bits per heavy atom. The van der Waals surface area contributed by atoms with E-state index in [4.69, 9.17) is 11.6 Å². The van der Waals surface area contributed by atoms with Gasteiger partial charge in [0.1, 0.15) is 11.6 Å². The molecule has 0 bridgehead atoms. The van der Waals surface area contributed by atoms with Crippen molar-refractivity contribution in [3.8, 4) is 0 Å². The highest BCUT2D eigenvalue weighted by atomic mass is 79.9. The first kappa shape index (κ1) is 21.2. The van der Waals surface area contributed by atoms with Crippen LogP contribution in [0.5, 0.6) is 0 Å². The van der Waals surface area contributed by atoms with Crippen LogP contribution in [0.1, 0.15) is 16.3 Å². The lowest BCUT2D eigenvalue weighted by atomic mass is 9.97. The topological polar surface area (TPSA) is 71.2 Å². The number of nitrogens with zero attached hydrogens (tertiary/aromatic N) is 4. The lowest BCUT2D eigenvalue weighted by Gasteiger charge is -2.30. The van der Waals surface area contributed by atoms with E-state index in [1.165, 1.54) is 16.7 Å². The lowest BCUT2D eigenvalue weighted by molar-refractivity contribution is 0.233. The van der Waals surface area contributed by atoms with Gasteiger partial charge < -0.3 is 10.0 Å². The molecule has 6 nitrogen and oxygen atoms in total. The quantitative estimate of drug-likeness (QED) is 0.576. The number of thiophene rings is 1. The summed E-state index contributed by atoms with van der Waals surface area (Å²) in [5, 5.41) is 10.6. The van der Waals surface area contributed by atoms with E-state index in [1.807, 2.05) is 18.2 Å². The van der Waals surface area contributed by atoms with Gasteiger partial charge in [0, 0.05) is 11.4 Å². The Hall–Kier alpha value is -2.07. The Morgan fingerprint density at radius 3 is 2.77 bits per heavy atom. The number of aliphatic hydroxyl groups excluding tert-OH is 1. The molecule has 3 aromatic rings. The molecule has 1 unspecified atom stereocenters. The summed E-state index contributed by atoms with van der Waals surface area (Å²) < 4.78 is 15.9. The Labute approximate surface area is 189 Å². The zero-order chi connectivity index (χ0) is 21.4. The minimum Gasteiger partial charge on any atom is -0.387 e. The van der Waals surface area contributed by atoms with Gasteiger partial charge in [-0.2, -0.15) is 9.97 Å². The van der Waals surface area contributed by atoms with Gasteiger partial charge in [0.15, 0.2) is 0 Å². The van der Waals surface area contributed by atoms with Gasteiger partial charge in [0.25, 0.3) is 0 Å². The van der Waals surface area contributed by atoms with Crippen LogP contribution >= 0.6 is 38.9 Å². The van der Waals surface area contributed by atoms with Gasteiger partial charge in [-0.15, -0.1) is 11.3 Å². The predicted octanol–water partition coefficient (Wildman–Crippen LogP) is 3.88. The summed E-state index contributed by atoms with van der Waals surface area (Å²) in [6, 6.07) is 8.23. The number of aliphatic hydroxyl groups is 1. The Kier molecular flexibility index (Phi) is 6.06. The molecule has 30 heavy (non-hydrogen) atoms. The molecule has 1 aromatic carbocycles. The van der Waals surface area contributed by atoms with E-state index in [0.29, 0.717) is 30.1 Å². The van der Waals surface area contributed by atoms with E-state index in [2.05, 4.69) is 25.9 Å². The van der Waals surface area contributed by atoms with Crippen LogP contribution in [-0.2, 0) is 6.54 Å². The van der Waals surface area contributed by atoms with E-state index < -0.39 is 17.6 Å². The first-order chi connectivity index (χ1) is 14.3. The Balaban J connectivity index is 1.57. The van der Waals surface area contributed by atoms with Crippen LogP contribution in [0.4, 0.5) is 10.3 Å². The second-order valence-corrected chi connectivity index (χ2v) is 9.81. The fraction of sp³-hybridized carbons (Fsp3) is 0.250. The molecular formula is C20H17BrClFN4O2S. The molecule has 0 saturated carbocycles. The molecule has 0 spiro atoms. The predicted molar refractivity (Wildman–Crippen MR) is 120 cm³/mol. The van der Waals surface area contributed by atoms with Gasteiger partial charge in [0.2, 0.25) is 5.95 Å². The number of β-amino-alcohol motifs (C(OH)–C–C–N with tert-alkyl or cyclic N) is 1. The van der Waals surface area contributed by atoms with Crippen molar-refractivity contribution in [3.05, 3.63) is 77.8 Å². The summed E-state index contributed by atoms with van der Waals surface area (Å²) in [5.74, 6) is 0.309. The SMILES string of the molecule is Cc1nc(N2CC=C(c3ccc(F)c(Cl)c3)C(O)C2)nc(=O)n1Cc1ccc(Br)s1. The van der Waals surface area contributed by atoms with Crippen molar-refractivity contribution in [2.24, 2.45) is 0 Å². The second-order valence-electron chi connectivity index (χ2n) is 6.85. The summed E-state index contributed by atoms with van der Waals surface area (Å²) in [6.45, 7) is 2.78. The third kappa shape index (κ3) is 4.34. The summed E-state index contributed by atoms with van der Waals surface area (Å²) >= 11 is 10.8. The maximum Gasteiger partial charge on any atom is 0.352 e. The summed E-state index contributed by atoms with van der Waals surface area (Å²) in [4.78, 5) is 24.0. The van der Waals surface area contributed by atoms with Gasteiger partial charge in [-0.3, -0.25) is 4.57 Å². The van der Waals surface area contributed by atoms with Crippen molar-refractivity contribution in [2.45, 2.75) is 19.6 Å². The number of hydrogen-bond donors (Lipinski definition) is 1. The highest BCUT2D eigenvalue weighted by Crippen LogP contribution is 2.28. The summed E-state index contributed by atoms with van der Waals surface area (Å²) in [7, 11) is 0. The molecule has 0 saturated heterocycles. The first-order valence-electron chi connectivity index (χ1n) is 9.10. The van der Waals surface area contributed by atoms with E-state index in [0.717, 1.165) is 8.66 Å². The van der Waals surface area contributed by atoms with Crippen LogP contribution in [0.3, 0.4) is 0 Å². The van der Waals surface area contributed by atoms with Crippen molar-refractivity contribution in [1.82, 2.24) is 14.5 Å².